The third-order valence-corrected chi connectivity index (χ3v) is 10.9. The van der Waals surface area contributed by atoms with Crippen molar-refractivity contribution in [1.82, 2.24) is 0 Å². The topological polar surface area (TPSA) is 0 Å². The summed E-state index contributed by atoms with van der Waals surface area (Å²) in [7, 11) is 0. The van der Waals surface area contributed by atoms with E-state index in [2.05, 4.69) is 146 Å². The van der Waals surface area contributed by atoms with E-state index in [4.69, 9.17) is 0 Å². The van der Waals surface area contributed by atoms with E-state index in [-0.39, 0.29) is 0 Å². The minimum Gasteiger partial charge on any atom is -0.135 e. The molecule has 0 aliphatic heterocycles. The smallest absolute Gasteiger partial charge is 0.0433 e. The summed E-state index contributed by atoms with van der Waals surface area (Å²) in [4.78, 5) is 0. The van der Waals surface area contributed by atoms with Gasteiger partial charge in [0.2, 0.25) is 0 Å². The second kappa shape index (κ2) is 9.13. The monoisotopic (exact) mass is 574 g/mol. The zero-order valence-electron chi connectivity index (χ0n) is 24.0. The molecule has 10 rings (SSSR count). The first-order valence-electron chi connectivity index (χ1n) is 15.3. The Balaban J connectivity index is 1.16. The molecule has 1 aliphatic carbocycles. The van der Waals surface area contributed by atoms with Gasteiger partial charge in [0.25, 0.3) is 0 Å². The molecule has 0 unspecified atom stereocenters. The maximum Gasteiger partial charge on any atom is 0.0433 e. The number of rotatable bonds is 2. The third-order valence-electron chi connectivity index (χ3n) is 9.71. The van der Waals surface area contributed by atoms with Gasteiger partial charge in [0.15, 0.2) is 0 Å². The molecule has 1 heterocycles. The lowest BCUT2D eigenvalue weighted by Gasteiger charge is -2.13. The van der Waals surface area contributed by atoms with Crippen molar-refractivity contribution in [2.45, 2.75) is 6.42 Å². The fourth-order valence-corrected chi connectivity index (χ4v) is 8.84. The quantitative estimate of drug-likeness (QED) is 0.180. The van der Waals surface area contributed by atoms with E-state index in [9.17, 15) is 0 Å². The largest absolute Gasteiger partial charge is 0.135 e. The fourth-order valence-electron chi connectivity index (χ4n) is 7.60. The Morgan fingerprint density at radius 2 is 0.977 bits per heavy atom. The Kier molecular flexibility index (Phi) is 5.03. The Bertz CT molecular complexity index is 2630. The van der Waals surface area contributed by atoms with Gasteiger partial charge in [-0.15, -0.1) is 11.3 Å². The van der Waals surface area contributed by atoms with Crippen LogP contribution >= 0.6 is 11.3 Å². The van der Waals surface area contributed by atoms with Gasteiger partial charge in [-0.2, -0.15) is 0 Å². The van der Waals surface area contributed by atoms with Gasteiger partial charge < -0.3 is 0 Å². The first-order chi connectivity index (χ1) is 21.8. The van der Waals surface area contributed by atoms with E-state index >= 15 is 0 Å². The molecule has 8 aromatic carbocycles. The molecular formula is C43H26S. The summed E-state index contributed by atoms with van der Waals surface area (Å²) in [5.74, 6) is 0. The highest BCUT2D eigenvalue weighted by Crippen LogP contribution is 2.44. The van der Waals surface area contributed by atoms with Gasteiger partial charge in [0, 0.05) is 20.2 Å². The van der Waals surface area contributed by atoms with Crippen molar-refractivity contribution in [3.63, 3.8) is 0 Å². The second-order valence-corrected chi connectivity index (χ2v) is 13.1. The summed E-state index contributed by atoms with van der Waals surface area (Å²) in [5.41, 5.74) is 10.8. The highest BCUT2D eigenvalue weighted by atomic mass is 32.1. The maximum atomic E-state index is 2.42. The van der Waals surface area contributed by atoms with E-state index in [1.54, 1.807) is 0 Å². The normalized spacial score (nSPS) is 12.5. The molecular weight excluding hydrogens is 549 g/mol. The SMILES string of the molecule is c1ccc2c(c1)Cc1c(-c3ccc4ccc5c6cc(-c7cccc8c7sc7ccccc78)ccc6ccc5c4c3)cccc1-2. The summed E-state index contributed by atoms with van der Waals surface area (Å²) >= 11 is 1.90. The molecule has 1 heteroatoms. The summed E-state index contributed by atoms with van der Waals surface area (Å²) < 4.78 is 2.71. The minimum absolute atomic E-state index is 0.995. The van der Waals surface area contributed by atoms with E-state index in [1.165, 1.54) is 97.0 Å². The van der Waals surface area contributed by atoms with Crippen molar-refractivity contribution in [3.8, 4) is 33.4 Å². The van der Waals surface area contributed by atoms with Crippen LogP contribution in [0.4, 0.5) is 0 Å². The van der Waals surface area contributed by atoms with Crippen LogP contribution in [0, 0.1) is 0 Å². The number of benzene rings is 8. The lowest BCUT2D eigenvalue weighted by Crippen LogP contribution is -1.89. The average Bonchev–Trinajstić information content (AvgIpc) is 3.66. The van der Waals surface area contributed by atoms with Crippen LogP contribution < -0.4 is 0 Å². The van der Waals surface area contributed by atoms with Crippen LogP contribution in [-0.4, -0.2) is 0 Å². The average molecular weight is 575 g/mol. The molecule has 0 atom stereocenters. The summed E-state index contributed by atoms with van der Waals surface area (Å²) in [5, 5.41) is 10.5. The van der Waals surface area contributed by atoms with Crippen molar-refractivity contribution in [2.75, 3.05) is 0 Å². The standard InChI is InChI=1S/C43H26S/c1-2-8-31-28(7-1)25-41-32(10-5-12-34(31)41)29-17-15-26-19-22-36-35(39(26)23-29)21-20-27-16-18-30(24-40(27)36)33-11-6-13-38-37-9-3-4-14-42(37)44-43(33)38/h1-24H,25H2. The van der Waals surface area contributed by atoms with E-state index < -0.39 is 0 Å². The van der Waals surface area contributed by atoms with E-state index in [1.807, 2.05) is 11.3 Å². The summed E-state index contributed by atoms with van der Waals surface area (Å²) in [6, 6.07) is 54.4. The van der Waals surface area contributed by atoms with Crippen molar-refractivity contribution in [3.05, 3.63) is 157 Å². The van der Waals surface area contributed by atoms with Crippen molar-refractivity contribution < 1.29 is 0 Å². The number of fused-ring (bicyclic) bond motifs is 11. The van der Waals surface area contributed by atoms with Crippen LogP contribution in [0.3, 0.4) is 0 Å². The molecule has 0 fully saturated rings. The second-order valence-electron chi connectivity index (χ2n) is 12.0. The predicted molar refractivity (Wildman–Crippen MR) is 191 cm³/mol. The molecule has 0 bridgehead atoms. The summed E-state index contributed by atoms with van der Waals surface area (Å²) in [6.07, 6.45) is 0.995. The van der Waals surface area contributed by atoms with E-state index in [0.717, 1.165) is 6.42 Å². The zero-order valence-corrected chi connectivity index (χ0v) is 24.8. The molecule has 0 saturated carbocycles. The van der Waals surface area contributed by atoms with Gasteiger partial charge in [0.1, 0.15) is 0 Å². The highest BCUT2D eigenvalue weighted by molar-refractivity contribution is 7.26. The molecule has 0 saturated heterocycles. The van der Waals surface area contributed by atoms with Gasteiger partial charge >= 0.3 is 0 Å². The number of hydrogen-bond donors (Lipinski definition) is 0. The third kappa shape index (κ3) is 3.45. The molecule has 1 aromatic heterocycles. The van der Waals surface area contributed by atoms with Crippen LogP contribution in [0.15, 0.2) is 146 Å². The maximum absolute atomic E-state index is 2.42. The molecule has 0 radical (unpaired) electrons. The zero-order chi connectivity index (χ0) is 28.8. The molecule has 0 N–H and O–H groups in total. The minimum atomic E-state index is 0.995. The molecule has 204 valence electrons. The Hall–Kier alpha value is -5.24. The van der Waals surface area contributed by atoms with Crippen molar-refractivity contribution in [1.29, 1.82) is 0 Å². The number of hydrogen-bond acceptors (Lipinski definition) is 1. The Morgan fingerprint density at radius 3 is 1.80 bits per heavy atom. The molecule has 0 spiro atoms. The first kappa shape index (κ1) is 24.2. The van der Waals surface area contributed by atoms with E-state index in [0.29, 0.717) is 0 Å². The number of thiophene rings is 1. The van der Waals surface area contributed by atoms with Gasteiger partial charge in [0.05, 0.1) is 0 Å². The van der Waals surface area contributed by atoms with Crippen LogP contribution in [0.5, 0.6) is 0 Å². The molecule has 44 heavy (non-hydrogen) atoms. The lowest BCUT2D eigenvalue weighted by atomic mass is 9.91. The van der Waals surface area contributed by atoms with Gasteiger partial charge in [-0.05, 0) is 101 Å². The van der Waals surface area contributed by atoms with Gasteiger partial charge in [-0.25, -0.2) is 0 Å². The van der Waals surface area contributed by atoms with Crippen LogP contribution in [-0.2, 0) is 6.42 Å². The molecule has 1 aliphatic rings. The van der Waals surface area contributed by atoms with Gasteiger partial charge in [-0.3, -0.25) is 0 Å². The van der Waals surface area contributed by atoms with Crippen molar-refractivity contribution in [2.24, 2.45) is 0 Å². The molecule has 9 aromatic rings. The van der Waals surface area contributed by atoms with Crippen LogP contribution in [0.1, 0.15) is 11.1 Å². The highest BCUT2D eigenvalue weighted by Gasteiger charge is 2.21. The van der Waals surface area contributed by atoms with Crippen LogP contribution in [0.2, 0.25) is 0 Å². The lowest BCUT2D eigenvalue weighted by molar-refractivity contribution is 1.26. The molecule has 0 amide bonds. The Labute approximate surface area is 259 Å². The molecule has 0 nitrogen and oxygen atoms in total. The van der Waals surface area contributed by atoms with Gasteiger partial charge in [-0.1, -0.05) is 127 Å². The first-order valence-corrected chi connectivity index (χ1v) is 16.1. The van der Waals surface area contributed by atoms with Crippen molar-refractivity contribution >= 4 is 63.8 Å². The predicted octanol–water partition coefficient (Wildman–Crippen LogP) is 12.4. The fraction of sp³-hybridized carbons (Fsp3) is 0.0233. The summed E-state index contributed by atoms with van der Waals surface area (Å²) in [6.45, 7) is 0. The Morgan fingerprint density at radius 1 is 0.386 bits per heavy atom. The van der Waals surface area contributed by atoms with Crippen LogP contribution in [0.25, 0.3) is 85.9 Å².